The third-order valence-corrected chi connectivity index (χ3v) is 4.75. The first-order chi connectivity index (χ1) is 12.7. The van der Waals surface area contributed by atoms with Crippen molar-refractivity contribution in [1.29, 1.82) is 0 Å². The summed E-state index contributed by atoms with van der Waals surface area (Å²) < 4.78 is 126. The summed E-state index contributed by atoms with van der Waals surface area (Å²) in [6.07, 6.45) is -7.80. The van der Waals surface area contributed by atoms with Gasteiger partial charge in [-0.1, -0.05) is 13.0 Å². The maximum absolute atomic E-state index is 14.6. The van der Waals surface area contributed by atoms with Crippen LogP contribution in [0.5, 0.6) is 5.75 Å². The molecular formula is C18H17F9O. The van der Waals surface area contributed by atoms with Gasteiger partial charge in [-0.15, -0.1) is 0 Å². The van der Waals surface area contributed by atoms with Crippen LogP contribution >= 0.6 is 0 Å². The van der Waals surface area contributed by atoms with Gasteiger partial charge in [0.1, 0.15) is 5.75 Å². The van der Waals surface area contributed by atoms with Crippen LogP contribution in [0.2, 0.25) is 0 Å². The van der Waals surface area contributed by atoms with E-state index in [0.717, 1.165) is 0 Å². The number of hydrogen-bond donors (Lipinski definition) is 0. The van der Waals surface area contributed by atoms with Crippen molar-refractivity contribution in [2.24, 2.45) is 0 Å². The minimum atomic E-state index is -6.90. The van der Waals surface area contributed by atoms with Gasteiger partial charge in [-0.3, -0.25) is 0 Å². The van der Waals surface area contributed by atoms with Crippen molar-refractivity contribution in [2.75, 3.05) is 7.11 Å². The van der Waals surface area contributed by atoms with Crippen LogP contribution in [-0.2, 0) is 6.42 Å². The molecule has 0 bridgehead atoms. The first-order valence-corrected chi connectivity index (χ1v) is 8.32. The Kier molecular flexibility index (Phi) is 5.75. The number of halogens is 9. The smallest absolute Gasteiger partial charge is 0.460 e. The van der Waals surface area contributed by atoms with Crippen LogP contribution in [0.3, 0.4) is 0 Å². The van der Waals surface area contributed by atoms with Gasteiger partial charge in [-0.2, -0.15) is 39.5 Å². The normalized spacial score (nSPS) is 16.7. The molecule has 28 heavy (non-hydrogen) atoms. The lowest BCUT2D eigenvalue weighted by Crippen LogP contribution is -2.61. The van der Waals surface area contributed by atoms with Crippen LogP contribution in [0.1, 0.15) is 37.3 Å². The molecule has 0 aliphatic heterocycles. The van der Waals surface area contributed by atoms with E-state index in [1.54, 1.807) is 0 Å². The summed E-state index contributed by atoms with van der Waals surface area (Å²) in [5, 5.41) is 0. The Morgan fingerprint density at radius 3 is 2.00 bits per heavy atom. The molecule has 1 aliphatic rings. The highest BCUT2D eigenvalue weighted by atomic mass is 19.4. The molecule has 0 radical (unpaired) electrons. The number of aryl methyl sites for hydroxylation is 1. The number of ether oxygens (including phenoxy) is 1. The van der Waals surface area contributed by atoms with E-state index in [0.29, 0.717) is 11.3 Å². The number of methoxy groups -OCH3 is 1. The van der Waals surface area contributed by atoms with E-state index in [9.17, 15) is 39.5 Å². The number of fused-ring (bicyclic) bond motifs is 1. The maximum Gasteiger partial charge on any atom is 0.460 e. The van der Waals surface area contributed by atoms with Crippen molar-refractivity contribution in [2.45, 2.75) is 56.6 Å². The van der Waals surface area contributed by atoms with Crippen LogP contribution in [0.25, 0.3) is 5.57 Å². The molecule has 0 unspecified atom stereocenters. The summed E-state index contributed by atoms with van der Waals surface area (Å²) in [7, 11) is 1.36. The zero-order valence-corrected chi connectivity index (χ0v) is 14.9. The molecule has 0 atom stereocenters. The second kappa shape index (κ2) is 7.18. The Balaban J connectivity index is 2.69. The van der Waals surface area contributed by atoms with Crippen molar-refractivity contribution in [3.63, 3.8) is 0 Å². The molecule has 1 nitrogen and oxygen atoms in total. The second-order valence-electron chi connectivity index (χ2n) is 6.41. The number of benzene rings is 1. The molecule has 0 fully saturated rings. The quantitative estimate of drug-likeness (QED) is 0.484. The fourth-order valence-corrected chi connectivity index (χ4v) is 3.28. The molecular weight excluding hydrogens is 403 g/mol. The Morgan fingerprint density at radius 1 is 0.893 bits per heavy atom. The lowest BCUT2D eigenvalue weighted by molar-refractivity contribution is -0.390. The van der Waals surface area contributed by atoms with Gasteiger partial charge in [-0.25, -0.2) is 0 Å². The molecule has 0 N–H and O–H groups in total. The van der Waals surface area contributed by atoms with Gasteiger partial charge in [0.25, 0.3) is 0 Å². The maximum atomic E-state index is 14.6. The zero-order valence-electron chi connectivity index (χ0n) is 14.9. The van der Waals surface area contributed by atoms with Crippen molar-refractivity contribution >= 4 is 5.57 Å². The monoisotopic (exact) mass is 420 g/mol. The summed E-state index contributed by atoms with van der Waals surface area (Å²) in [4.78, 5) is 0. The van der Waals surface area contributed by atoms with E-state index in [2.05, 4.69) is 0 Å². The number of rotatable bonds is 5. The summed E-state index contributed by atoms with van der Waals surface area (Å²) in [5.41, 5.74) is -1.18. The summed E-state index contributed by atoms with van der Waals surface area (Å²) in [6, 6.07) is 4.18. The lowest BCUT2D eigenvalue weighted by Gasteiger charge is -2.35. The fraction of sp³-hybridized carbons (Fsp3) is 0.556. The largest absolute Gasteiger partial charge is 0.497 e. The van der Waals surface area contributed by atoms with Crippen molar-refractivity contribution in [1.82, 2.24) is 0 Å². The Morgan fingerprint density at radius 2 is 1.50 bits per heavy atom. The molecule has 0 spiro atoms. The summed E-state index contributed by atoms with van der Waals surface area (Å²) >= 11 is 0. The highest BCUT2D eigenvalue weighted by Crippen LogP contribution is 2.57. The summed E-state index contributed by atoms with van der Waals surface area (Å²) in [5.74, 6) is -18.9. The minimum absolute atomic E-state index is 0.113. The molecule has 1 aliphatic carbocycles. The van der Waals surface area contributed by atoms with Crippen LogP contribution < -0.4 is 4.74 Å². The topological polar surface area (TPSA) is 9.23 Å². The molecule has 10 heteroatoms. The Hall–Kier alpha value is -1.87. The SMILES string of the molecule is CCC1=C(C(F)(F)C(F)(F)C(F)(F)C(F)(F)F)CCCc2cc(OC)ccc21. The average Bonchev–Trinajstić information content (AvgIpc) is 2.78. The molecule has 0 amide bonds. The van der Waals surface area contributed by atoms with E-state index in [4.69, 9.17) is 4.74 Å². The molecule has 1 aromatic rings. The fourth-order valence-electron chi connectivity index (χ4n) is 3.28. The van der Waals surface area contributed by atoms with Crippen LogP contribution in [0, 0.1) is 0 Å². The molecule has 0 aromatic heterocycles. The van der Waals surface area contributed by atoms with Crippen LogP contribution in [0.15, 0.2) is 23.8 Å². The molecule has 1 aromatic carbocycles. The van der Waals surface area contributed by atoms with Crippen molar-refractivity contribution < 1.29 is 44.3 Å². The highest BCUT2D eigenvalue weighted by Gasteiger charge is 2.82. The summed E-state index contributed by atoms with van der Waals surface area (Å²) in [6.45, 7) is 1.34. The van der Waals surface area contributed by atoms with Crippen molar-refractivity contribution in [3.05, 3.63) is 34.9 Å². The van der Waals surface area contributed by atoms with E-state index >= 15 is 0 Å². The minimum Gasteiger partial charge on any atom is -0.497 e. The van der Waals surface area contributed by atoms with E-state index in [1.807, 2.05) is 0 Å². The average molecular weight is 420 g/mol. The lowest BCUT2D eigenvalue weighted by atomic mass is 9.87. The molecule has 2 rings (SSSR count). The highest BCUT2D eigenvalue weighted by molar-refractivity contribution is 5.74. The molecule has 0 saturated carbocycles. The van der Waals surface area contributed by atoms with Crippen LogP contribution in [0.4, 0.5) is 39.5 Å². The first-order valence-electron chi connectivity index (χ1n) is 8.32. The van der Waals surface area contributed by atoms with Crippen LogP contribution in [-0.4, -0.2) is 31.1 Å². The van der Waals surface area contributed by atoms with E-state index in [1.165, 1.54) is 32.2 Å². The van der Waals surface area contributed by atoms with Gasteiger partial charge in [0.15, 0.2) is 0 Å². The first kappa shape index (κ1) is 22.4. The van der Waals surface area contributed by atoms with Gasteiger partial charge in [0, 0.05) is 5.57 Å². The predicted molar refractivity (Wildman–Crippen MR) is 84.0 cm³/mol. The zero-order chi connectivity index (χ0) is 21.5. The van der Waals surface area contributed by atoms with Crippen molar-refractivity contribution in [3.8, 4) is 5.75 Å². The van der Waals surface area contributed by atoms with E-state index in [-0.39, 0.29) is 30.4 Å². The number of hydrogen-bond acceptors (Lipinski definition) is 1. The Bertz CT molecular complexity index is 763. The second-order valence-corrected chi connectivity index (χ2v) is 6.41. The van der Waals surface area contributed by atoms with Gasteiger partial charge < -0.3 is 4.74 Å². The number of allylic oxidation sites excluding steroid dienone is 2. The Labute approximate surface area is 155 Å². The van der Waals surface area contributed by atoms with Gasteiger partial charge in [0.2, 0.25) is 0 Å². The molecule has 158 valence electrons. The predicted octanol–water partition coefficient (Wildman–Crippen LogP) is 6.66. The third-order valence-electron chi connectivity index (χ3n) is 4.75. The van der Waals surface area contributed by atoms with Gasteiger partial charge in [-0.05, 0) is 54.5 Å². The standard InChI is InChI=1S/C18H17F9O/c1-3-12-13-8-7-11(28-2)9-10(13)5-4-6-14(12)15(19,20)16(21,22)17(23,24)18(25,26)27/h7-9H,3-6H2,1-2H3. The third kappa shape index (κ3) is 3.34. The van der Waals surface area contributed by atoms with Gasteiger partial charge in [0.05, 0.1) is 7.11 Å². The number of alkyl halides is 9. The van der Waals surface area contributed by atoms with Gasteiger partial charge >= 0.3 is 23.9 Å². The van der Waals surface area contributed by atoms with E-state index < -0.39 is 35.9 Å². The molecule has 0 saturated heterocycles. The molecule has 0 heterocycles.